The molecule has 22 heavy (non-hydrogen) atoms. The van der Waals surface area contributed by atoms with Crippen LogP contribution in [0.15, 0.2) is 54.9 Å². The lowest BCUT2D eigenvalue weighted by atomic mass is 10.1. The topological polar surface area (TPSA) is 65.5 Å². The van der Waals surface area contributed by atoms with Gasteiger partial charge in [0.2, 0.25) is 0 Å². The van der Waals surface area contributed by atoms with Gasteiger partial charge in [0, 0.05) is 18.0 Å². The first-order valence-corrected chi connectivity index (χ1v) is 6.61. The second-order valence-electron chi connectivity index (χ2n) is 4.37. The van der Waals surface area contributed by atoms with E-state index in [2.05, 4.69) is 9.72 Å². The Bertz CT molecular complexity index is 663. The molecule has 0 fully saturated rings. The van der Waals surface area contributed by atoms with Gasteiger partial charge in [-0.05, 0) is 48.0 Å². The highest BCUT2D eigenvalue weighted by Gasteiger charge is 2.04. The summed E-state index contributed by atoms with van der Waals surface area (Å²) < 4.78 is 9.69. The number of ether oxygens (including phenoxy) is 2. The van der Waals surface area contributed by atoms with Crippen molar-refractivity contribution in [1.29, 1.82) is 0 Å². The normalized spacial score (nSPS) is 10.4. The number of rotatable bonds is 6. The van der Waals surface area contributed by atoms with Gasteiger partial charge < -0.3 is 9.47 Å². The highest BCUT2D eigenvalue weighted by Crippen LogP contribution is 2.13. The van der Waals surface area contributed by atoms with E-state index < -0.39 is 5.97 Å². The fourth-order valence-electron chi connectivity index (χ4n) is 1.66. The maximum absolute atomic E-state index is 12.0. The zero-order valence-corrected chi connectivity index (χ0v) is 12.1. The number of ketones is 1. The van der Waals surface area contributed by atoms with Gasteiger partial charge in [-0.25, -0.2) is 4.79 Å². The molecule has 0 N–H and O–H groups in total. The van der Waals surface area contributed by atoms with Crippen molar-refractivity contribution >= 4 is 17.8 Å². The molecule has 0 aliphatic carbocycles. The Labute approximate surface area is 128 Å². The number of hydrogen-bond acceptors (Lipinski definition) is 5. The number of carbonyl (C=O) groups excluding carboxylic acids is 2. The van der Waals surface area contributed by atoms with Crippen molar-refractivity contribution in [2.24, 2.45) is 0 Å². The zero-order valence-electron chi connectivity index (χ0n) is 12.1. The molecule has 0 atom stereocenters. The standard InChI is InChI=1S/C17H15NO4/c1-21-17(20)12-22-15-7-5-14(6-8-15)16(19)9-4-13-3-2-10-18-11-13/h2-11H,12H2,1H3. The van der Waals surface area contributed by atoms with Gasteiger partial charge in [-0.3, -0.25) is 9.78 Å². The quantitative estimate of drug-likeness (QED) is 0.466. The average Bonchev–Trinajstić information content (AvgIpc) is 2.59. The first-order valence-electron chi connectivity index (χ1n) is 6.61. The minimum absolute atomic E-state index is 0.122. The third-order valence-electron chi connectivity index (χ3n) is 2.83. The molecule has 0 aliphatic heterocycles. The van der Waals surface area contributed by atoms with Crippen molar-refractivity contribution < 1.29 is 19.1 Å². The van der Waals surface area contributed by atoms with E-state index in [-0.39, 0.29) is 12.4 Å². The largest absolute Gasteiger partial charge is 0.482 e. The maximum atomic E-state index is 12.0. The van der Waals surface area contributed by atoms with Crippen molar-refractivity contribution in [1.82, 2.24) is 4.98 Å². The number of aromatic nitrogens is 1. The molecule has 0 radical (unpaired) electrons. The van der Waals surface area contributed by atoms with Crippen molar-refractivity contribution in [3.8, 4) is 5.75 Å². The molecule has 0 bridgehead atoms. The second kappa shape index (κ2) is 7.73. The Morgan fingerprint density at radius 3 is 2.59 bits per heavy atom. The molecule has 0 saturated heterocycles. The van der Waals surface area contributed by atoms with Crippen molar-refractivity contribution in [3.63, 3.8) is 0 Å². The summed E-state index contributed by atoms with van der Waals surface area (Å²) >= 11 is 0. The third kappa shape index (κ3) is 4.56. The summed E-state index contributed by atoms with van der Waals surface area (Å²) in [5.41, 5.74) is 1.39. The molecule has 0 aliphatic rings. The van der Waals surface area contributed by atoms with E-state index in [0.717, 1.165) is 5.56 Å². The minimum atomic E-state index is -0.459. The molecular formula is C17H15NO4. The molecule has 0 saturated carbocycles. The predicted molar refractivity (Wildman–Crippen MR) is 81.6 cm³/mol. The van der Waals surface area contributed by atoms with E-state index in [1.165, 1.54) is 13.2 Å². The van der Waals surface area contributed by atoms with Crippen molar-refractivity contribution in [2.75, 3.05) is 13.7 Å². The lowest BCUT2D eigenvalue weighted by Gasteiger charge is -2.04. The molecule has 2 rings (SSSR count). The number of benzene rings is 1. The molecule has 1 aromatic heterocycles. The van der Waals surface area contributed by atoms with E-state index in [0.29, 0.717) is 11.3 Å². The monoisotopic (exact) mass is 297 g/mol. The zero-order chi connectivity index (χ0) is 15.8. The number of allylic oxidation sites excluding steroid dienone is 1. The second-order valence-corrected chi connectivity index (χ2v) is 4.37. The highest BCUT2D eigenvalue weighted by atomic mass is 16.6. The van der Waals surface area contributed by atoms with Crippen LogP contribution in [0.4, 0.5) is 0 Å². The van der Waals surface area contributed by atoms with Crippen LogP contribution in [0.2, 0.25) is 0 Å². The third-order valence-corrected chi connectivity index (χ3v) is 2.83. The highest BCUT2D eigenvalue weighted by molar-refractivity contribution is 6.06. The summed E-state index contributed by atoms with van der Waals surface area (Å²) in [6.07, 6.45) is 6.54. The van der Waals surface area contributed by atoms with Crippen LogP contribution in [-0.4, -0.2) is 30.5 Å². The van der Waals surface area contributed by atoms with Crippen LogP contribution < -0.4 is 4.74 Å². The van der Waals surface area contributed by atoms with E-state index >= 15 is 0 Å². The van der Waals surface area contributed by atoms with E-state index in [9.17, 15) is 9.59 Å². The van der Waals surface area contributed by atoms with Gasteiger partial charge in [0.15, 0.2) is 12.4 Å². The molecule has 1 heterocycles. The molecule has 2 aromatic rings. The van der Waals surface area contributed by atoms with Gasteiger partial charge in [0.1, 0.15) is 5.75 Å². The van der Waals surface area contributed by atoms with Gasteiger partial charge in [-0.15, -0.1) is 0 Å². The van der Waals surface area contributed by atoms with Crippen LogP contribution in [0.25, 0.3) is 6.08 Å². The summed E-state index contributed by atoms with van der Waals surface area (Å²) in [6.45, 7) is -0.162. The van der Waals surface area contributed by atoms with Crippen LogP contribution in [-0.2, 0) is 9.53 Å². The number of pyridine rings is 1. The smallest absolute Gasteiger partial charge is 0.343 e. The van der Waals surface area contributed by atoms with Crippen LogP contribution in [0.3, 0.4) is 0 Å². The summed E-state index contributed by atoms with van der Waals surface area (Å²) in [4.78, 5) is 27.0. The molecule has 0 unspecified atom stereocenters. The van der Waals surface area contributed by atoms with Crippen LogP contribution in [0, 0.1) is 0 Å². The number of esters is 1. The predicted octanol–water partition coefficient (Wildman–Crippen LogP) is 2.53. The van der Waals surface area contributed by atoms with Gasteiger partial charge in [0.25, 0.3) is 0 Å². The van der Waals surface area contributed by atoms with Gasteiger partial charge in [0.05, 0.1) is 7.11 Å². The molecule has 0 spiro atoms. The maximum Gasteiger partial charge on any atom is 0.343 e. The van der Waals surface area contributed by atoms with Crippen LogP contribution in [0.1, 0.15) is 15.9 Å². The SMILES string of the molecule is COC(=O)COc1ccc(C(=O)C=Cc2cccnc2)cc1. The number of methoxy groups -OCH3 is 1. The summed E-state index contributed by atoms with van der Waals surface area (Å²) in [5.74, 6) is -0.0823. The Morgan fingerprint density at radius 2 is 1.95 bits per heavy atom. The summed E-state index contributed by atoms with van der Waals surface area (Å²) in [7, 11) is 1.29. The number of hydrogen-bond donors (Lipinski definition) is 0. The fourth-order valence-corrected chi connectivity index (χ4v) is 1.66. The van der Waals surface area contributed by atoms with Crippen LogP contribution in [0.5, 0.6) is 5.75 Å². The Balaban J connectivity index is 1.96. The fraction of sp³-hybridized carbons (Fsp3) is 0.118. The average molecular weight is 297 g/mol. The summed E-state index contributed by atoms with van der Waals surface area (Å²) in [6, 6.07) is 10.2. The number of nitrogens with zero attached hydrogens (tertiary/aromatic N) is 1. The molecular weight excluding hydrogens is 282 g/mol. The lowest BCUT2D eigenvalue weighted by molar-refractivity contribution is -0.142. The Kier molecular flexibility index (Phi) is 5.43. The number of carbonyl (C=O) groups is 2. The van der Waals surface area contributed by atoms with Gasteiger partial charge in [-0.2, -0.15) is 0 Å². The van der Waals surface area contributed by atoms with Crippen molar-refractivity contribution in [2.45, 2.75) is 0 Å². The Morgan fingerprint density at radius 1 is 1.18 bits per heavy atom. The molecule has 5 heteroatoms. The van der Waals surface area contributed by atoms with E-state index in [1.54, 1.807) is 48.8 Å². The van der Waals surface area contributed by atoms with Crippen molar-refractivity contribution in [3.05, 3.63) is 66.0 Å². The molecule has 0 amide bonds. The summed E-state index contributed by atoms with van der Waals surface area (Å²) in [5, 5.41) is 0. The van der Waals surface area contributed by atoms with Gasteiger partial charge >= 0.3 is 5.97 Å². The van der Waals surface area contributed by atoms with Crippen LogP contribution >= 0.6 is 0 Å². The molecule has 5 nitrogen and oxygen atoms in total. The first kappa shape index (κ1) is 15.4. The first-order chi connectivity index (χ1) is 10.7. The molecule has 112 valence electrons. The van der Waals surface area contributed by atoms with E-state index in [1.807, 2.05) is 6.07 Å². The van der Waals surface area contributed by atoms with Gasteiger partial charge in [-0.1, -0.05) is 6.07 Å². The molecule has 1 aromatic carbocycles. The Hall–Kier alpha value is -2.95. The minimum Gasteiger partial charge on any atom is -0.482 e. The van der Waals surface area contributed by atoms with E-state index in [4.69, 9.17) is 4.74 Å². The lowest BCUT2D eigenvalue weighted by Crippen LogP contribution is -2.12.